The largest absolute Gasteiger partial charge is 0.430 e. The number of benzene rings is 2. The number of halogens is 3. The summed E-state index contributed by atoms with van der Waals surface area (Å²) in [5.41, 5.74) is 1.35. The number of aryl methyl sites for hydroxylation is 1. The molecular formula is C22H22F3N3O3. The Labute approximate surface area is 177 Å². The van der Waals surface area contributed by atoms with Gasteiger partial charge in [-0.3, -0.25) is 5.32 Å². The van der Waals surface area contributed by atoms with E-state index in [1.165, 1.54) is 28.8 Å². The first-order chi connectivity index (χ1) is 14.7. The van der Waals surface area contributed by atoms with Crippen LogP contribution in [0.2, 0.25) is 0 Å². The summed E-state index contributed by atoms with van der Waals surface area (Å²) in [6.07, 6.45) is -3.71. The zero-order valence-corrected chi connectivity index (χ0v) is 16.9. The lowest BCUT2D eigenvalue weighted by molar-refractivity contribution is -0.154. The molecule has 164 valence electrons. The van der Waals surface area contributed by atoms with Crippen molar-refractivity contribution in [1.29, 1.82) is 0 Å². The highest BCUT2D eigenvalue weighted by Crippen LogP contribution is 2.37. The van der Waals surface area contributed by atoms with E-state index in [9.17, 15) is 18.0 Å². The lowest BCUT2D eigenvalue weighted by Crippen LogP contribution is -2.45. The Morgan fingerprint density at radius 2 is 1.81 bits per heavy atom. The molecule has 2 aromatic carbocycles. The molecule has 0 atom stereocenters. The second kappa shape index (κ2) is 8.22. The van der Waals surface area contributed by atoms with Crippen LogP contribution in [0.5, 0.6) is 0 Å². The van der Waals surface area contributed by atoms with Gasteiger partial charge < -0.3 is 9.68 Å². The second-order valence-corrected chi connectivity index (χ2v) is 7.83. The van der Waals surface area contributed by atoms with E-state index >= 15 is 0 Å². The Balaban J connectivity index is 1.30. The normalized spacial score (nSPS) is 18.4. The number of hydroxylamine groups is 2. The Kier molecular flexibility index (Phi) is 5.62. The van der Waals surface area contributed by atoms with Gasteiger partial charge >= 0.3 is 12.3 Å². The van der Waals surface area contributed by atoms with E-state index in [4.69, 9.17) is 9.68 Å². The molecule has 0 aromatic heterocycles. The van der Waals surface area contributed by atoms with Crippen LogP contribution in [0.15, 0.2) is 53.7 Å². The number of carbonyl (C=O) groups excluding carboxylic acids is 1. The zero-order valence-electron chi connectivity index (χ0n) is 16.9. The van der Waals surface area contributed by atoms with Crippen LogP contribution in [0.25, 0.3) is 0 Å². The summed E-state index contributed by atoms with van der Waals surface area (Å²) in [6, 6.07) is 12.8. The van der Waals surface area contributed by atoms with Crippen LogP contribution < -0.4 is 5.32 Å². The Morgan fingerprint density at radius 3 is 2.48 bits per heavy atom. The van der Waals surface area contributed by atoms with Crippen molar-refractivity contribution in [3.05, 3.63) is 65.2 Å². The van der Waals surface area contributed by atoms with Gasteiger partial charge in [0.05, 0.1) is 17.0 Å². The number of nitrogens with zero attached hydrogens (tertiary/aromatic N) is 2. The van der Waals surface area contributed by atoms with Crippen molar-refractivity contribution < 1.29 is 27.6 Å². The smallest absolute Gasteiger partial charge is 0.388 e. The zero-order chi connectivity index (χ0) is 22.1. The first-order valence-corrected chi connectivity index (χ1v) is 9.96. The number of para-hydroxylation sites is 1. The van der Waals surface area contributed by atoms with E-state index in [0.29, 0.717) is 32.4 Å². The first kappa shape index (κ1) is 21.2. The van der Waals surface area contributed by atoms with E-state index < -0.39 is 23.4 Å². The fourth-order valence-corrected chi connectivity index (χ4v) is 3.76. The lowest BCUT2D eigenvalue weighted by Gasteiger charge is -2.35. The molecule has 2 aliphatic rings. The van der Waals surface area contributed by atoms with Crippen LogP contribution in [0.4, 0.5) is 23.7 Å². The number of oxime groups is 1. The Bertz CT molecular complexity index is 981. The summed E-state index contributed by atoms with van der Waals surface area (Å²) in [4.78, 5) is 23.1. The van der Waals surface area contributed by atoms with Crippen LogP contribution >= 0.6 is 0 Å². The summed E-state index contributed by atoms with van der Waals surface area (Å²) in [5, 5.41) is 7.87. The van der Waals surface area contributed by atoms with Gasteiger partial charge in [0, 0.05) is 32.4 Å². The molecule has 6 nitrogen and oxygen atoms in total. The predicted octanol–water partition coefficient (Wildman–Crippen LogP) is 5.14. The van der Waals surface area contributed by atoms with Crippen molar-refractivity contribution in [2.24, 2.45) is 5.16 Å². The molecule has 1 fully saturated rings. The van der Waals surface area contributed by atoms with Gasteiger partial charge in [-0.2, -0.15) is 13.2 Å². The molecule has 2 heterocycles. The number of carbonyl (C=O) groups is 1. The molecule has 31 heavy (non-hydrogen) atoms. The van der Waals surface area contributed by atoms with Crippen LogP contribution in [0.1, 0.15) is 36.0 Å². The van der Waals surface area contributed by atoms with Gasteiger partial charge in [-0.15, -0.1) is 5.06 Å². The number of piperidine rings is 1. The SMILES string of the molecule is Cc1ccc(C2=NOC3(CCN(OC(=O)Nc4ccccc4C(F)(F)F)CC3)C2)cc1. The van der Waals surface area contributed by atoms with Crippen molar-refractivity contribution in [3.8, 4) is 0 Å². The minimum Gasteiger partial charge on any atom is -0.388 e. The number of hydrogen-bond donors (Lipinski definition) is 1. The Hall–Kier alpha value is -3.07. The summed E-state index contributed by atoms with van der Waals surface area (Å²) in [5.74, 6) is 0. The molecular weight excluding hydrogens is 411 g/mol. The molecule has 0 bridgehead atoms. The van der Waals surface area contributed by atoms with Gasteiger partial charge in [0.1, 0.15) is 5.60 Å². The van der Waals surface area contributed by atoms with Crippen LogP contribution in [0, 0.1) is 6.92 Å². The highest BCUT2D eigenvalue weighted by atomic mass is 19.4. The Morgan fingerprint density at radius 1 is 1.13 bits per heavy atom. The highest BCUT2D eigenvalue weighted by molar-refractivity contribution is 6.01. The molecule has 2 aliphatic heterocycles. The number of amides is 1. The quantitative estimate of drug-likeness (QED) is 0.728. The molecule has 1 saturated heterocycles. The van der Waals surface area contributed by atoms with E-state index in [1.807, 2.05) is 31.2 Å². The average Bonchev–Trinajstić information content (AvgIpc) is 3.14. The van der Waals surface area contributed by atoms with Gasteiger partial charge in [-0.05, 0) is 24.6 Å². The van der Waals surface area contributed by atoms with Crippen molar-refractivity contribution in [2.45, 2.75) is 38.0 Å². The highest BCUT2D eigenvalue weighted by Gasteiger charge is 2.43. The monoisotopic (exact) mass is 433 g/mol. The summed E-state index contributed by atoms with van der Waals surface area (Å²) in [6.45, 7) is 2.81. The minimum atomic E-state index is -4.57. The maximum atomic E-state index is 13.1. The van der Waals surface area contributed by atoms with Gasteiger partial charge in [-0.25, -0.2) is 4.79 Å². The number of rotatable bonds is 3. The topological polar surface area (TPSA) is 63.2 Å². The van der Waals surface area contributed by atoms with E-state index in [0.717, 1.165) is 17.3 Å². The minimum absolute atomic E-state index is 0.344. The molecule has 0 unspecified atom stereocenters. The van der Waals surface area contributed by atoms with Gasteiger partial charge in [0.2, 0.25) is 0 Å². The standard InChI is InChI=1S/C22H22F3N3O3/c1-15-6-8-16(9-7-15)19-14-21(31-27-19)10-12-28(13-11-21)30-20(29)26-18-5-3-2-4-17(18)22(23,24)25/h2-9H,10-14H2,1H3,(H,26,29). The summed E-state index contributed by atoms with van der Waals surface area (Å²) in [7, 11) is 0. The maximum absolute atomic E-state index is 13.1. The van der Waals surface area contributed by atoms with E-state index in [1.54, 1.807) is 0 Å². The van der Waals surface area contributed by atoms with Gasteiger partial charge in [0.25, 0.3) is 0 Å². The fraction of sp³-hybridized carbons (Fsp3) is 0.364. The number of alkyl halides is 3. The third-order valence-electron chi connectivity index (χ3n) is 5.54. The molecule has 0 radical (unpaired) electrons. The predicted molar refractivity (Wildman–Crippen MR) is 109 cm³/mol. The second-order valence-electron chi connectivity index (χ2n) is 7.83. The molecule has 9 heteroatoms. The molecule has 2 aromatic rings. The number of nitrogens with one attached hydrogen (secondary N) is 1. The lowest BCUT2D eigenvalue weighted by atomic mass is 9.86. The van der Waals surface area contributed by atoms with Gasteiger partial charge in [0.15, 0.2) is 0 Å². The van der Waals surface area contributed by atoms with Crippen LogP contribution in [-0.2, 0) is 15.9 Å². The van der Waals surface area contributed by atoms with E-state index in [2.05, 4.69) is 10.5 Å². The van der Waals surface area contributed by atoms with Crippen LogP contribution in [0.3, 0.4) is 0 Å². The van der Waals surface area contributed by atoms with Crippen molar-refractivity contribution >= 4 is 17.5 Å². The third kappa shape index (κ3) is 4.82. The fourth-order valence-electron chi connectivity index (χ4n) is 3.76. The van der Waals surface area contributed by atoms with E-state index in [-0.39, 0.29) is 5.69 Å². The average molecular weight is 433 g/mol. The first-order valence-electron chi connectivity index (χ1n) is 9.96. The summed E-state index contributed by atoms with van der Waals surface area (Å²) < 4.78 is 39.2. The number of anilines is 1. The molecule has 1 amide bonds. The summed E-state index contributed by atoms with van der Waals surface area (Å²) >= 11 is 0. The van der Waals surface area contributed by atoms with Crippen molar-refractivity contribution in [1.82, 2.24) is 5.06 Å². The van der Waals surface area contributed by atoms with Crippen molar-refractivity contribution in [3.63, 3.8) is 0 Å². The molecule has 4 rings (SSSR count). The molecule has 0 saturated carbocycles. The van der Waals surface area contributed by atoms with Gasteiger partial charge in [-0.1, -0.05) is 47.1 Å². The molecule has 1 N–H and O–H groups in total. The third-order valence-corrected chi connectivity index (χ3v) is 5.54. The molecule has 1 spiro atoms. The maximum Gasteiger partial charge on any atom is 0.430 e. The number of hydrogen-bond acceptors (Lipinski definition) is 5. The van der Waals surface area contributed by atoms with Crippen LogP contribution in [-0.4, -0.2) is 35.6 Å². The molecule has 0 aliphatic carbocycles. The van der Waals surface area contributed by atoms with Crippen molar-refractivity contribution in [2.75, 3.05) is 18.4 Å².